The van der Waals surface area contributed by atoms with E-state index in [2.05, 4.69) is 24.9 Å². The van der Waals surface area contributed by atoms with E-state index < -0.39 is 5.97 Å². The Kier molecular flexibility index (Phi) is 4.66. The molecule has 6 heteroatoms. The number of imidazole rings is 1. The van der Waals surface area contributed by atoms with Crippen LogP contribution in [0.1, 0.15) is 31.0 Å². The predicted molar refractivity (Wildman–Crippen MR) is 80.7 cm³/mol. The first-order chi connectivity index (χ1) is 10.0. The normalized spacial score (nSPS) is 10.6. The SMILES string of the molecule is CC(C)c1cnc(SCC(=O)O)n1-c1ccc(C#N)cc1. The second-order valence-corrected chi connectivity index (χ2v) is 5.74. The van der Waals surface area contributed by atoms with E-state index in [0.29, 0.717) is 10.7 Å². The quantitative estimate of drug-likeness (QED) is 0.859. The highest BCUT2D eigenvalue weighted by Crippen LogP contribution is 2.27. The number of nitrogens with zero attached hydrogens (tertiary/aromatic N) is 3. The average Bonchev–Trinajstić information content (AvgIpc) is 2.89. The Bertz CT molecular complexity index is 684. The largest absolute Gasteiger partial charge is 0.481 e. The molecule has 1 N–H and O–H groups in total. The van der Waals surface area contributed by atoms with Gasteiger partial charge in [0.1, 0.15) is 0 Å². The summed E-state index contributed by atoms with van der Waals surface area (Å²) in [4.78, 5) is 15.1. The third kappa shape index (κ3) is 3.44. The van der Waals surface area contributed by atoms with Crippen LogP contribution in [0.3, 0.4) is 0 Å². The number of aromatic nitrogens is 2. The topological polar surface area (TPSA) is 78.9 Å². The molecule has 0 unspecified atom stereocenters. The summed E-state index contributed by atoms with van der Waals surface area (Å²) in [5.74, 6) is -0.655. The highest BCUT2D eigenvalue weighted by Gasteiger charge is 2.15. The standard InChI is InChI=1S/C15H15N3O2S/c1-10(2)13-8-17-15(21-9-14(19)20)18(13)12-5-3-11(7-16)4-6-12/h3-6,8,10H,9H2,1-2H3,(H,19,20). The van der Waals surface area contributed by atoms with E-state index in [1.165, 1.54) is 11.8 Å². The summed E-state index contributed by atoms with van der Waals surface area (Å²) in [6, 6.07) is 9.25. The highest BCUT2D eigenvalue weighted by molar-refractivity contribution is 7.99. The molecule has 0 saturated carbocycles. The Morgan fingerprint density at radius 1 is 1.43 bits per heavy atom. The molecule has 1 heterocycles. The molecule has 1 aromatic heterocycles. The molecule has 1 aromatic carbocycles. The van der Waals surface area contributed by atoms with Crippen molar-refractivity contribution in [2.45, 2.75) is 24.9 Å². The van der Waals surface area contributed by atoms with Crippen molar-refractivity contribution >= 4 is 17.7 Å². The van der Waals surface area contributed by atoms with Gasteiger partial charge in [-0.3, -0.25) is 9.36 Å². The van der Waals surface area contributed by atoms with E-state index in [4.69, 9.17) is 10.4 Å². The van der Waals surface area contributed by atoms with Crippen molar-refractivity contribution in [1.82, 2.24) is 9.55 Å². The minimum Gasteiger partial charge on any atom is -0.481 e. The molecule has 0 aliphatic rings. The van der Waals surface area contributed by atoms with Gasteiger partial charge in [0.05, 0.1) is 23.6 Å². The molecule has 0 fully saturated rings. The molecule has 0 aliphatic carbocycles. The Labute approximate surface area is 127 Å². The molecule has 0 spiro atoms. The number of carboxylic acids is 1. The number of carbonyl (C=O) groups is 1. The van der Waals surface area contributed by atoms with E-state index in [1.807, 2.05) is 16.7 Å². The first-order valence-corrected chi connectivity index (χ1v) is 7.44. The van der Waals surface area contributed by atoms with Gasteiger partial charge >= 0.3 is 5.97 Å². The second kappa shape index (κ2) is 6.46. The van der Waals surface area contributed by atoms with E-state index >= 15 is 0 Å². The third-order valence-corrected chi connectivity index (χ3v) is 3.87. The van der Waals surface area contributed by atoms with Crippen LogP contribution in [0.25, 0.3) is 5.69 Å². The van der Waals surface area contributed by atoms with Crippen LogP contribution >= 0.6 is 11.8 Å². The number of thioether (sulfide) groups is 1. The Morgan fingerprint density at radius 2 is 2.10 bits per heavy atom. The summed E-state index contributed by atoms with van der Waals surface area (Å²) in [7, 11) is 0. The summed E-state index contributed by atoms with van der Waals surface area (Å²) in [6.45, 7) is 4.12. The number of hydrogen-bond acceptors (Lipinski definition) is 4. The number of nitriles is 1. The summed E-state index contributed by atoms with van der Waals surface area (Å²) < 4.78 is 1.94. The van der Waals surface area contributed by atoms with Crippen LogP contribution < -0.4 is 0 Å². The smallest absolute Gasteiger partial charge is 0.313 e. The molecule has 0 radical (unpaired) electrons. The van der Waals surface area contributed by atoms with Gasteiger partial charge in [0.2, 0.25) is 0 Å². The average molecular weight is 301 g/mol. The van der Waals surface area contributed by atoms with Gasteiger partial charge < -0.3 is 5.11 Å². The van der Waals surface area contributed by atoms with Gasteiger partial charge in [0.25, 0.3) is 0 Å². The summed E-state index contributed by atoms with van der Waals surface area (Å²) in [6.07, 6.45) is 1.77. The van der Waals surface area contributed by atoms with Gasteiger partial charge in [0, 0.05) is 11.4 Å². The lowest BCUT2D eigenvalue weighted by Gasteiger charge is -2.13. The van der Waals surface area contributed by atoms with Crippen LogP contribution in [0.15, 0.2) is 35.6 Å². The maximum Gasteiger partial charge on any atom is 0.313 e. The van der Waals surface area contributed by atoms with E-state index in [1.54, 1.807) is 18.3 Å². The van der Waals surface area contributed by atoms with Crippen LogP contribution in [0.4, 0.5) is 0 Å². The van der Waals surface area contributed by atoms with Crippen molar-refractivity contribution < 1.29 is 9.90 Å². The number of rotatable bonds is 5. The van der Waals surface area contributed by atoms with Gasteiger partial charge in [-0.05, 0) is 30.2 Å². The van der Waals surface area contributed by atoms with Crippen LogP contribution in [0.2, 0.25) is 0 Å². The highest BCUT2D eigenvalue weighted by atomic mass is 32.2. The minimum absolute atomic E-state index is 0.0369. The zero-order chi connectivity index (χ0) is 15.4. The maximum absolute atomic E-state index is 10.8. The van der Waals surface area contributed by atoms with Gasteiger partial charge in [-0.15, -0.1) is 0 Å². The van der Waals surface area contributed by atoms with E-state index in [0.717, 1.165) is 11.4 Å². The fraction of sp³-hybridized carbons (Fsp3) is 0.267. The van der Waals surface area contributed by atoms with Gasteiger partial charge in [0.15, 0.2) is 5.16 Å². The molecule has 0 aliphatic heterocycles. The Morgan fingerprint density at radius 3 is 2.62 bits per heavy atom. The second-order valence-electron chi connectivity index (χ2n) is 4.80. The molecular weight excluding hydrogens is 286 g/mol. The molecule has 2 rings (SSSR count). The zero-order valence-electron chi connectivity index (χ0n) is 11.8. The monoisotopic (exact) mass is 301 g/mol. The molecular formula is C15H15N3O2S. The summed E-state index contributed by atoms with van der Waals surface area (Å²) >= 11 is 1.19. The predicted octanol–water partition coefficient (Wildman–Crippen LogP) is 3.04. The van der Waals surface area contributed by atoms with E-state index in [9.17, 15) is 4.79 Å². The lowest BCUT2D eigenvalue weighted by molar-refractivity contribution is -0.133. The first-order valence-electron chi connectivity index (χ1n) is 6.45. The molecule has 108 valence electrons. The lowest BCUT2D eigenvalue weighted by atomic mass is 10.1. The third-order valence-electron chi connectivity index (χ3n) is 2.93. The number of benzene rings is 1. The molecule has 0 atom stereocenters. The van der Waals surface area contributed by atoms with Gasteiger partial charge in [-0.2, -0.15) is 5.26 Å². The van der Waals surface area contributed by atoms with E-state index in [-0.39, 0.29) is 11.7 Å². The molecule has 0 bridgehead atoms. The van der Waals surface area contributed by atoms with Crippen LogP contribution in [0, 0.1) is 11.3 Å². The minimum atomic E-state index is -0.875. The first kappa shape index (κ1) is 15.1. The number of hydrogen-bond donors (Lipinski definition) is 1. The van der Waals surface area contributed by atoms with Crippen molar-refractivity contribution in [2.24, 2.45) is 0 Å². The van der Waals surface area contributed by atoms with Crippen LogP contribution in [-0.2, 0) is 4.79 Å². The number of aliphatic carboxylic acids is 1. The fourth-order valence-electron chi connectivity index (χ4n) is 1.93. The molecule has 0 amide bonds. The molecule has 0 saturated heterocycles. The number of carboxylic acid groups (broad SMARTS) is 1. The molecule has 2 aromatic rings. The van der Waals surface area contributed by atoms with Crippen molar-refractivity contribution in [1.29, 1.82) is 5.26 Å². The summed E-state index contributed by atoms with van der Waals surface area (Å²) in [5, 5.41) is 18.3. The summed E-state index contributed by atoms with van der Waals surface area (Å²) in [5.41, 5.74) is 2.47. The Balaban J connectivity index is 2.44. The van der Waals surface area contributed by atoms with Crippen LogP contribution in [-0.4, -0.2) is 26.4 Å². The van der Waals surface area contributed by atoms with Crippen molar-refractivity contribution in [3.05, 3.63) is 41.7 Å². The van der Waals surface area contributed by atoms with Crippen LogP contribution in [0.5, 0.6) is 0 Å². The van der Waals surface area contributed by atoms with Crippen molar-refractivity contribution in [3.63, 3.8) is 0 Å². The maximum atomic E-state index is 10.8. The van der Waals surface area contributed by atoms with Gasteiger partial charge in [-0.1, -0.05) is 25.6 Å². The fourth-order valence-corrected chi connectivity index (χ4v) is 2.65. The molecule has 21 heavy (non-hydrogen) atoms. The molecule has 5 nitrogen and oxygen atoms in total. The van der Waals surface area contributed by atoms with Crippen molar-refractivity contribution in [2.75, 3.05) is 5.75 Å². The lowest BCUT2D eigenvalue weighted by Crippen LogP contribution is -2.05. The zero-order valence-corrected chi connectivity index (χ0v) is 12.6. The van der Waals surface area contributed by atoms with Gasteiger partial charge in [-0.25, -0.2) is 4.98 Å². The Hall–Kier alpha value is -2.26. The van der Waals surface area contributed by atoms with Crippen molar-refractivity contribution in [3.8, 4) is 11.8 Å².